The molecule has 64 heavy (non-hydrogen) atoms. The van der Waals surface area contributed by atoms with E-state index in [1.807, 2.05) is 64.3 Å². The maximum atomic E-state index is 13.7. The zero-order valence-electron chi connectivity index (χ0n) is 34.9. The van der Waals surface area contributed by atoms with Gasteiger partial charge in [0.05, 0.1) is 24.8 Å². The molecule has 346 valence electrons. The molecule has 0 aliphatic carbocycles. The monoisotopic (exact) mass is 922 g/mol. The Morgan fingerprint density at radius 2 is 1.42 bits per heavy atom. The maximum Gasteiger partial charge on any atom is 0.490 e. The largest absolute Gasteiger partial charge is 0.490 e. The van der Waals surface area contributed by atoms with E-state index in [2.05, 4.69) is 58.7 Å². The molecule has 2 heterocycles. The maximum absolute atomic E-state index is 13.7. The normalized spacial score (nSPS) is 12.8. The lowest BCUT2D eigenvalue weighted by molar-refractivity contribution is -0.193. The molecule has 21 heteroatoms. The Balaban J connectivity index is 0.000000671. The summed E-state index contributed by atoms with van der Waals surface area (Å²) in [6.45, 7) is 5.59. The number of imidazole rings is 1. The van der Waals surface area contributed by atoms with Crippen LogP contribution < -0.4 is 10.6 Å². The van der Waals surface area contributed by atoms with Gasteiger partial charge in [-0.05, 0) is 58.4 Å². The number of hydrogen-bond donors (Lipinski definition) is 5. The van der Waals surface area contributed by atoms with Crippen molar-refractivity contribution in [1.29, 1.82) is 0 Å². The second kappa shape index (κ2) is 24.6. The summed E-state index contributed by atoms with van der Waals surface area (Å²) >= 11 is 1.54. The van der Waals surface area contributed by atoms with Gasteiger partial charge in [-0.25, -0.2) is 19.4 Å². The third-order valence-electron chi connectivity index (χ3n) is 9.72. The van der Waals surface area contributed by atoms with E-state index in [1.165, 1.54) is 0 Å². The molecule has 3 atom stereocenters. The minimum Gasteiger partial charge on any atom is -0.480 e. The molecule has 0 saturated heterocycles. The van der Waals surface area contributed by atoms with Crippen LogP contribution in [0, 0.1) is 5.92 Å². The van der Waals surface area contributed by atoms with Gasteiger partial charge in [0, 0.05) is 49.1 Å². The van der Waals surface area contributed by atoms with Gasteiger partial charge in [0.15, 0.2) is 0 Å². The van der Waals surface area contributed by atoms with Gasteiger partial charge in [-0.1, -0.05) is 80.9 Å². The number of aromatic nitrogens is 3. The number of hydrogen-bond acceptors (Lipinski definition) is 9. The van der Waals surface area contributed by atoms with Gasteiger partial charge >= 0.3 is 30.3 Å². The smallest absolute Gasteiger partial charge is 0.480 e. The highest BCUT2D eigenvalue weighted by Gasteiger charge is 2.39. The van der Waals surface area contributed by atoms with Gasteiger partial charge in [0.25, 0.3) is 0 Å². The number of aliphatic carboxylic acids is 3. The van der Waals surface area contributed by atoms with Crippen molar-refractivity contribution in [2.45, 2.75) is 70.6 Å². The predicted molar refractivity (Wildman–Crippen MR) is 227 cm³/mol. The zero-order chi connectivity index (χ0) is 47.6. The molecule has 0 unspecified atom stereocenters. The van der Waals surface area contributed by atoms with Gasteiger partial charge in [-0.2, -0.15) is 38.1 Å². The van der Waals surface area contributed by atoms with E-state index >= 15 is 0 Å². The fourth-order valence-electron chi connectivity index (χ4n) is 6.26. The molecule has 0 radical (unpaired) electrons. The summed E-state index contributed by atoms with van der Waals surface area (Å²) in [7, 11) is 0. The van der Waals surface area contributed by atoms with Crippen LogP contribution in [-0.4, -0.2) is 114 Å². The molecule has 0 fully saturated rings. The summed E-state index contributed by atoms with van der Waals surface area (Å²) in [6.07, 6.45) is -1.67. The number of para-hydroxylation sites is 1. The number of carbonyl (C=O) groups is 5. The Bertz CT molecular complexity index is 2310. The number of nitrogens with one attached hydrogen (secondary N) is 2. The first kappa shape index (κ1) is 52.1. The standard InChI is InChI=1S/C39H46N6O4S.2C2HF3O2/c1-4-27(2)36(43-37(46)20-31-21-40-26-45(31)23-30-16-18-41-34-15-8-7-14-33(30)34)24-44(25-38(47)42-35(39(48)49)17-19-50-3)22-29-12-9-11-28-10-5-6-13-32(28)29;2*3-2(4,5)1(6)7/h5-16,18,21,26-27,35-36H,4,17,19-20,22-25H2,1-3H3,(H,42,47)(H,43,46)(H,48,49);2*(H,6,7)/t27-,35-,36+;;/m0../s1. The minimum atomic E-state index is -5.08. The summed E-state index contributed by atoms with van der Waals surface area (Å²) in [5.41, 5.74) is 3.85. The number of carboxylic acid groups (broad SMARTS) is 3. The summed E-state index contributed by atoms with van der Waals surface area (Å²) in [5, 5.41) is 33.3. The van der Waals surface area contributed by atoms with Gasteiger partial charge < -0.3 is 30.5 Å². The number of thioether (sulfide) groups is 1. The number of fused-ring (bicyclic) bond motifs is 2. The van der Waals surface area contributed by atoms with Crippen molar-refractivity contribution in [3.05, 3.63) is 108 Å². The molecule has 5 rings (SSSR count). The number of benzene rings is 3. The first-order valence-corrected chi connectivity index (χ1v) is 20.9. The number of pyridine rings is 1. The number of alkyl halides is 6. The highest BCUT2D eigenvalue weighted by molar-refractivity contribution is 7.98. The lowest BCUT2D eigenvalue weighted by Gasteiger charge is -2.31. The number of amides is 2. The second-order valence-electron chi connectivity index (χ2n) is 14.4. The van der Waals surface area contributed by atoms with Gasteiger partial charge in [-0.15, -0.1) is 0 Å². The number of carboxylic acids is 3. The Morgan fingerprint density at radius 3 is 2.03 bits per heavy atom. The van der Waals surface area contributed by atoms with Crippen LogP contribution >= 0.6 is 11.8 Å². The molecule has 2 aromatic heterocycles. The van der Waals surface area contributed by atoms with Crippen LogP contribution in [0.4, 0.5) is 26.3 Å². The van der Waals surface area contributed by atoms with Crippen LogP contribution in [-0.2, 0) is 43.5 Å². The molecular formula is C43H48F6N6O8S. The van der Waals surface area contributed by atoms with Gasteiger partial charge in [0.1, 0.15) is 6.04 Å². The Kier molecular flexibility index (Phi) is 20.0. The van der Waals surface area contributed by atoms with Gasteiger partial charge in [0.2, 0.25) is 11.8 Å². The molecule has 5 N–H and O–H groups in total. The Morgan fingerprint density at radius 1 is 0.812 bits per heavy atom. The fraction of sp³-hybridized carbons (Fsp3) is 0.372. The topological polar surface area (TPSA) is 204 Å². The van der Waals surface area contributed by atoms with Crippen molar-refractivity contribution in [3.63, 3.8) is 0 Å². The van der Waals surface area contributed by atoms with E-state index in [1.54, 1.807) is 30.5 Å². The molecule has 5 aromatic rings. The van der Waals surface area contributed by atoms with Crippen molar-refractivity contribution in [1.82, 2.24) is 30.1 Å². The van der Waals surface area contributed by atoms with Crippen molar-refractivity contribution < 1.29 is 65.6 Å². The van der Waals surface area contributed by atoms with Crippen LogP contribution in [0.2, 0.25) is 0 Å². The van der Waals surface area contributed by atoms with Crippen LogP contribution in [0.1, 0.15) is 43.5 Å². The zero-order valence-corrected chi connectivity index (χ0v) is 35.7. The van der Waals surface area contributed by atoms with E-state index in [4.69, 9.17) is 19.8 Å². The quantitative estimate of drug-likeness (QED) is 0.0577. The van der Waals surface area contributed by atoms with E-state index in [-0.39, 0.29) is 36.7 Å². The Hall–Kier alpha value is -6.22. The second-order valence-corrected chi connectivity index (χ2v) is 15.4. The summed E-state index contributed by atoms with van der Waals surface area (Å²) in [5.74, 6) is -6.32. The third-order valence-corrected chi connectivity index (χ3v) is 10.4. The van der Waals surface area contributed by atoms with Crippen LogP contribution in [0.5, 0.6) is 0 Å². The SMILES string of the molecule is CC[C@H](C)[C@@H](CN(CC(=O)N[C@@H](CCSC)C(=O)O)Cc1cccc2ccccc12)NC(=O)Cc1cncn1Cc1ccnc2ccccc12.O=C(O)C(F)(F)F.O=C(O)C(F)(F)F. The van der Waals surface area contributed by atoms with E-state index < -0.39 is 36.3 Å². The highest BCUT2D eigenvalue weighted by atomic mass is 32.2. The average Bonchev–Trinajstić information content (AvgIpc) is 3.67. The molecule has 2 amide bonds. The number of carbonyl (C=O) groups excluding carboxylic acids is 2. The molecular weight excluding hydrogens is 875 g/mol. The molecule has 14 nitrogen and oxygen atoms in total. The first-order valence-electron chi connectivity index (χ1n) is 19.6. The van der Waals surface area contributed by atoms with Crippen LogP contribution in [0.25, 0.3) is 21.7 Å². The Labute approximate surface area is 368 Å². The van der Waals surface area contributed by atoms with Crippen molar-refractivity contribution in [2.24, 2.45) is 5.92 Å². The minimum absolute atomic E-state index is 0.0122. The summed E-state index contributed by atoms with van der Waals surface area (Å²) in [4.78, 5) is 67.6. The van der Waals surface area contributed by atoms with Crippen LogP contribution in [0.15, 0.2) is 91.5 Å². The lowest BCUT2D eigenvalue weighted by Crippen LogP contribution is -2.51. The lowest BCUT2D eigenvalue weighted by atomic mass is 9.97. The van der Waals surface area contributed by atoms with E-state index in [9.17, 15) is 45.8 Å². The van der Waals surface area contributed by atoms with Crippen molar-refractivity contribution in [2.75, 3.05) is 25.1 Å². The fourth-order valence-corrected chi connectivity index (χ4v) is 6.73. The average molecular weight is 923 g/mol. The van der Waals surface area contributed by atoms with Crippen molar-refractivity contribution >= 4 is 63.2 Å². The summed E-state index contributed by atoms with van der Waals surface area (Å²) in [6, 6.07) is 23.0. The predicted octanol–water partition coefficient (Wildman–Crippen LogP) is 6.80. The van der Waals surface area contributed by atoms with Gasteiger partial charge in [-0.3, -0.25) is 19.5 Å². The van der Waals surface area contributed by atoms with Crippen LogP contribution in [0.3, 0.4) is 0 Å². The molecule has 0 bridgehead atoms. The summed E-state index contributed by atoms with van der Waals surface area (Å²) < 4.78 is 65.5. The molecule has 0 spiro atoms. The number of rotatable bonds is 18. The van der Waals surface area contributed by atoms with Crippen molar-refractivity contribution in [3.8, 4) is 0 Å². The first-order chi connectivity index (χ1) is 30.1. The molecule has 3 aromatic carbocycles. The molecule has 0 saturated carbocycles. The molecule has 0 aliphatic rings. The number of halogens is 6. The highest BCUT2D eigenvalue weighted by Crippen LogP contribution is 2.22. The number of nitrogens with zero attached hydrogens (tertiary/aromatic N) is 4. The van der Waals surface area contributed by atoms with E-state index in [0.717, 1.165) is 44.9 Å². The molecule has 0 aliphatic heterocycles. The third kappa shape index (κ3) is 16.8. The van der Waals surface area contributed by atoms with E-state index in [0.29, 0.717) is 31.8 Å².